The first-order valence-electron chi connectivity index (χ1n) is 6.57. The zero-order chi connectivity index (χ0) is 13.1. The number of piperidine rings is 1. The molecule has 2 atom stereocenters. The second-order valence-electron chi connectivity index (χ2n) is 5.22. The van der Waals surface area contributed by atoms with Gasteiger partial charge in [-0.05, 0) is 39.8 Å². The molecule has 1 saturated heterocycles. The monoisotopic (exact) mass is 249 g/mol. The van der Waals surface area contributed by atoms with E-state index in [4.69, 9.17) is 4.74 Å². The van der Waals surface area contributed by atoms with Gasteiger partial charge in [0.05, 0.1) is 19.0 Å². The van der Waals surface area contributed by atoms with E-state index in [1.54, 1.807) is 13.3 Å². The molecule has 100 valence electrons. The van der Waals surface area contributed by atoms with Crippen molar-refractivity contribution in [3.63, 3.8) is 0 Å². The van der Waals surface area contributed by atoms with Crippen molar-refractivity contribution < 1.29 is 4.74 Å². The molecule has 4 heteroatoms. The Morgan fingerprint density at radius 2 is 2.28 bits per heavy atom. The highest BCUT2D eigenvalue weighted by molar-refractivity contribution is 5.56. The quantitative estimate of drug-likeness (QED) is 0.892. The highest BCUT2D eigenvalue weighted by atomic mass is 16.5. The number of rotatable bonds is 3. The van der Waals surface area contributed by atoms with Crippen LogP contribution < -0.4 is 10.1 Å². The maximum absolute atomic E-state index is 5.35. The predicted octanol–water partition coefficient (Wildman–Crippen LogP) is 2.29. The summed E-state index contributed by atoms with van der Waals surface area (Å²) in [6.07, 6.45) is 4.13. The summed E-state index contributed by atoms with van der Waals surface area (Å²) < 4.78 is 5.35. The van der Waals surface area contributed by atoms with E-state index >= 15 is 0 Å². The average molecular weight is 249 g/mol. The number of nitrogens with zero attached hydrogens (tertiary/aromatic N) is 2. The molecule has 2 heterocycles. The first kappa shape index (κ1) is 13.1. The standard InChI is InChI=1S/C14H23N3O/c1-10-7-13(14(18-4)9-15-10)16-12-5-6-17(3)11(2)8-12/h7,9,11-12H,5-6,8H2,1-4H3,(H,15,16). The summed E-state index contributed by atoms with van der Waals surface area (Å²) >= 11 is 0. The minimum Gasteiger partial charge on any atom is -0.493 e. The molecule has 1 N–H and O–H groups in total. The summed E-state index contributed by atoms with van der Waals surface area (Å²) in [5.74, 6) is 0.826. The molecule has 0 saturated carbocycles. The van der Waals surface area contributed by atoms with Crippen LogP contribution in [0.15, 0.2) is 12.3 Å². The van der Waals surface area contributed by atoms with Crippen molar-refractivity contribution in [1.29, 1.82) is 0 Å². The average Bonchev–Trinajstić information content (AvgIpc) is 2.34. The Morgan fingerprint density at radius 1 is 1.50 bits per heavy atom. The van der Waals surface area contributed by atoms with Crippen molar-refractivity contribution >= 4 is 5.69 Å². The van der Waals surface area contributed by atoms with Gasteiger partial charge in [0.15, 0.2) is 5.75 Å². The lowest BCUT2D eigenvalue weighted by Crippen LogP contribution is -2.42. The van der Waals surface area contributed by atoms with Crippen LogP contribution in [0.25, 0.3) is 0 Å². The van der Waals surface area contributed by atoms with Crippen LogP contribution in [-0.2, 0) is 0 Å². The van der Waals surface area contributed by atoms with Crippen molar-refractivity contribution in [2.45, 2.75) is 38.8 Å². The number of methoxy groups -OCH3 is 1. The Balaban J connectivity index is 2.07. The molecule has 1 aromatic rings. The molecule has 1 fully saturated rings. The van der Waals surface area contributed by atoms with Gasteiger partial charge in [0.1, 0.15) is 0 Å². The fourth-order valence-corrected chi connectivity index (χ4v) is 2.46. The van der Waals surface area contributed by atoms with E-state index < -0.39 is 0 Å². The number of aromatic nitrogens is 1. The fourth-order valence-electron chi connectivity index (χ4n) is 2.46. The fraction of sp³-hybridized carbons (Fsp3) is 0.643. The van der Waals surface area contributed by atoms with E-state index in [0.717, 1.165) is 23.7 Å². The normalized spacial score (nSPS) is 24.9. The summed E-state index contributed by atoms with van der Waals surface area (Å²) in [6.45, 7) is 5.43. The van der Waals surface area contributed by atoms with Gasteiger partial charge in [0.2, 0.25) is 0 Å². The van der Waals surface area contributed by atoms with Gasteiger partial charge >= 0.3 is 0 Å². The summed E-state index contributed by atoms with van der Waals surface area (Å²) in [4.78, 5) is 6.67. The Morgan fingerprint density at radius 3 is 2.94 bits per heavy atom. The topological polar surface area (TPSA) is 37.4 Å². The van der Waals surface area contributed by atoms with E-state index in [9.17, 15) is 0 Å². The van der Waals surface area contributed by atoms with E-state index in [2.05, 4.69) is 35.2 Å². The molecule has 2 unspecified atom stereocenters. The van der Waals surface area contributed by atoms with Gasteiger partial charge in [-0.25, -0.2) is 0 Å². The van der Waals surface area contributed by atoms with Crippen LogP contribution in [0.1, 0.15) is 25.5 Å². The molecule has 18 heavy (non-hydrogen) atoms. The molecule has 1 aromatic heterocycles. The number of hydrogen-bond acceptors (Lipinski definition) is 4. The summed E-state index contributed by atoms with van der Waals surface area (Å²) in [5, 5.41) is 3.60. The predicted molar refractivity (Wildman–Crippen MR) is 74.3 cm³/mol. The number of hydrogen-bond donors (Lipinski definition) is 1. The number of aryl methyl sites for hydroxylation is 1. The lowest BCUT2D eigenvalue weighted by Gasteiger charge is -2.36. The third kappa shape index (κ3) is 2.93. The largest absolute Gasteiger partial charge is 0.493 e. The molecule has 0 radical (unpaired) electrons. The van der Waals surface area contributed by atoms with E-state index in [1.165, 1.54) is 12.8 Å². The minimum atomic E-state index is 0.520. The van der Waals surface area contributed by atoms with Crippen molar-refractivity contribution in [1.82, 2.24) is 9.88 Å². The molecule has 0 amide bonds. The van der Waals surface area contributed by atoms with Gasteiger partial charge in [-0.2, -0.15) is 0 Å². The Kier molecular flexibility index (Phi) is 4.07. The van der Waals surface area contributed by atoms with E-state index in [-0.39, 0.29) is 0 Å². The van der Waals surface area contributed by atoms with Crippen LogP contribution in [0.4, 0.5) is 5.69 Å². The second kappa shape index (κ2) is 5.57. The molecule has 1 aliphatic heterocycles. The molecular weight excluding hydrogens is 226 g/mol. The Hall–Kier alpha value is -1.29. The van der Waals surface area contributed by atoms with Crippen LogP contribution in [-0.4, -0.2) is 42.7 Å². The third-order valence-electron chi connectivity index (χ3n) is 3.79. The van der Waals surface area contributed by atoms with Crippen molar-refractivity contribution in [3.05, 3.63) is 18.0 Å². The van der Waals surface area contributed by atoms with Crippen LogP contribution in [0.2, 0.25) is 0 Å². The molecular formula is C14H23N3O. The zero-order valence-corrected chi connectivity index (χ0v) is 11.7. The first-order valence-corrected chi connectivity index (χ1v) is 6.57. The van der Waals surface area contributed by atoms with Gasteiger partial charge in [-0.3, -0.25) is 4.98 Å². The van der Waals surface area contributed by atoms with Crippen molar-refractivity contribution in [3.8, 4) is 5.75 Å². The SMILES string of the molecule is COc1cnc(C)cc1NC1CCN(C)C(C)C1. The Bertz CT molecular complexity index is 408. The maximum atomic E-state index is 5.35. The van der Waals surface area contributed by atoms with Gasteiger partial charge < -0.3 is 15.0 Å². The molecule has 0 aromatic carbocycles. The molecule has 4 nitrogen and oxygen atoms in total. The lowest BCUT2D eigenvalue weighted by atomic mass is 9.98. The molecule has 0 aliphatic carbocycles. The van der Waals surface area contributed by atoms with E-state index in [0.29, 0.717) is 12.1 Å². The minimum absolute atomic E-state index is 0.520. The lowest BCUT2D eigenvalue weighted by molar-refractivity contribution is 0.190. The second-order valence-corrected chi connectivity index (χ2v) is 5.22. The molecule has 0 bridgehead atoms. The van der Waals surface area contributed by atoms with Gasteiger partial charge in [-0.1, -0.05) is 0 Å². The number of ether oxygens (including phenoxy) is 1. The number of pyridine rings is 1. The van der Waals surface area contributed by atoms with Crippen LogP contribution in [0.5, 0.6) is 5.75 Å². The van der Waals surface area contributed by atoms with Gasteiger partial charge in [-0.15, -0.1) is 0 Å². The summed E-state index contributed by atoms with van der Waals surface area (Å²) in [7, 11) is 3.88. The summed E-state index contributed by atoms with van der Waals surface area (Å²) in [6, 6.07) is 3.21. The van der Waals surface area contributed by atoms with Gasteiger partial charge in [0, 0.05) is 24.3 Å². The van der Waals surface area contributed by atoms with Crippen LogP contribution in [0.3, 0.4) is 0 Å². The third-order valence-corrected chi connectivity index (χ3v) is 3.79. The van der Waals surface area contributed by atoms with Crippen molar-refractivity contribution in [2.24, 2.45) is 0 Å². The van der Waals surface area contributed by atoms with Crippen molar-refractivity contribution in [2.75, 3.05) is 26.0 Å². The highest BCUT2D eigenvalue weighted by Crippen LogP contribution is 2.27. The Labute approximate surface area is 109 Å². The molecule has 2 rings (SSSR count). The zero-order valence-electron chi connectivity index (χ0n) is 11.7. The number of likely N-dealkylation sites (tertiary alicyclic amines) is 1. The molecule has 0 spiro atoms. The maximum Gasteiger partial charge on any atom is 0.160 e. The van der Waals surface area contributed by atoms with Crippen LogP contribution >= 0.6 is 0 Å². The van der Waals surface area contributed by atoms with Gasteiger partial charge in [0.25, 0.3) is 0 Å². The highest BCUT2D eigenvalue weighted by Gasteiger charge is 2.23. The van der Waals surface area contributed by atoms with E-state index in [1.807, 2.05) is 6.92 Å². The first-order chi connectivity index (χ1) is 8.60. The molecule has 1 aliphatic rings. The number of anilines is 1. The van der Waals surface area contributed by atoms with Crippen LogP contribution in [0, 0.1) is 6.92 Å². The summed E-state index contributed by atoms with van der Waals surface area (Å²) in [5.41, 5.74) is 2.08. The smallest absolute Gasteiger partial charge is 0.160 e. The number of nitrogens with one attached hydrogen (secondary N) is 1.